The van der Waals surface area contributed by atoms with Gasteiger partial charge in [0.05, 0.1) is 19.4 Å². The number of aliphatic hydroxyl groups excluding tert-OH is 1. The van der Waals surface area contributed by atoms with Crippen LogP contribution < -0.4 is 4.74 Å². The van der Waals surface area contributed by atoms with Crippen molar-refractivity contribution in [1.82, 2.24) is 0 Å². The van der Waals surface area contributed by atoms with E-state index in [-0.39, 0.29) is 6.67 Å². The second-order valence-electron chi connectivity index (χ2n) is 3.14. The molecule has 0 saturated carbocycles. The number of alkyl halides is 1. The molecule has 0 saturated heterocycles. The maximum absolute atomic E-state index is 11.8. The first-order valence-corrected chi connectivity index (χ1v) is 4.71. The van der Waals surface area contributed by atoms with Gasteiger partial charge in [0.1, 0.15) is 5.75 Å². The van der Waals surface area contributed by atoms with Crippen LogP contribution in [0.15, 0.2) is 24.3 Å². The van der Waals surface area contributed by atoms with Gasteiger partial charge in [-0.25, -0.2) is 0 Å². The summed E-state index contributed by atoms with van der Waals surface area (Å²) in [6, 6.07) is 7.20. The standard InChI is InChI=1S/C11H15FO2/c1-9(13)10-4-2-5-11(8-10)14-7-3-6-12/h2,4-5,8-9,13H,3,6-7H2,1H3/t9-/m1/s1. The van der Waals surface area contributed by atoms with Crippen LogP contribution >= 0.6 is 0 Å². The second kappa shape index (κ2) is 5.60. The summed E-state index contributed by atoms with van der Waals surface area (Å²) in [6.45, 7) is 1.70. The van der Waals surface area contributed by atoms with E-state index in [1.54, 1.807) is 19.1 Å². The average Bonchev–Trinajstić information content (AvgIpc) is 2.19. The summed E-state index contributed by atoms with van der Waals surface area (Å²) < 4.78 is 17.1. The summed E-state index contributed by atoms with van der Waals surface area (Å²) in [5.41, 5.74) is 0.808. The minimum atomic E-state index is -0.500. The molecule has 0 fully saturated rings. The van der Waals surface area contributed by atoms with Crippen LogP contribution in [-0.4, -0.2) is 18.4 Å². The van der Waals surface area contributed by atoms with E-state index in [1.165, 1.54) is 0 Å². The van der Waals surface area contributed by atoms with E-state index in [2.05, 4.69) is 0 Å². The normalized spacial score (nSPS) is 12.5. The molecular formula is C11H15FO2. The van der Waals surface area contributed by atoms with Crippen molar-refractivity contribution in [2.75, 3.05) is 13.3 Å². The van der Waals surface area contributed by atoms with Crippen LogP contribution in [0.25, 0.3) is 0 Å². The summed E-state index contributed by atoms with van der Waals surface area (Å²) in [6.07, 6.45) is -0.0986. The molecule has 1 N–H and O–H groups in total. The highest BCUT2D eigenvalue weighted by molar-refractivity contribution is 5.29. The smallest absolute Gasteiger partial charge is 0.119 e. The van der Waals surface area contributed by atoms with Crippen molar-refractivity contribution in [2.45, 2.75) is 19.4 Å². The van der Waals surface area contributed by atoms with Gasteiger partial charge in [0.25, 0.3) is 0 Å². The van der Waals surface area contributed by atoms with Crippen LogP contribution in [0.4, 0.5) is 4.39 Å². The van der Waals surface area contributed by atoms with Crippen molar-refractivity contribution < 1.29 is 14.2 Å². The molecule has 1 aromatic rings. The summed E-state index contributed by atoms with van der Waals surface area (Å²) >= 11 is 0. The minimum absolute atomic E-state index is 0.365. The zero-order valence-corrected chi connectivity index (χ0v) is 8.24. The number of hydrogen-bond acceptors (Lipinski definition) is 2. The van der Waals surface area contributed by atoms with E-state index in [0.29, 0.717) is 18.8 Å². The molecule has 0 aliphatic carbocycles. The van der Waals surface area contributed by atoms with Gasteiger partial charge in [-0.2, -0.15) is 0 Å². The Morgan fingerprint density at radius 2 is 2.29 bits per heavy atom. The quantitative estimate of drug-likeness (QED) is 0.736. The monoisotopic (exact) mass is 198 g/mol. The van der Waals surface area contributed by atoms with Crippen LogP contribution in [0, 0.1) is 0 Å². The summed E-state index contributed by atoms with van der Waals surface area (Å²) in [5, 5.41) is 9.30. The van der Waals surface area contributed by atoms with Gasteiger partial charge in [-0.15, -0.1) is 0 Å². The number of hydrogen-bond donors (Lipinski definition) is 1. The molecular weight excluding hydrogens is 183 g/mol. The fraction of sp³-hybridized carbons (Fsp3) is 0.455. The van der Waals surface area contributed by atoms with Crippen molar-refractivity contribution in [3.05, 3.63) is 29.8 Å². The Bertz CT molecular complexity index is 274. The van der Waals surface area contributed by atoms with Crippen molar-refractivity contribution >= 4 is 0 Å². The van der Waals surface area contributed by atoms with Gasteiger partial charge in [-0.1, -0.05) is 12.1 Å². The van der Waals surface area contributed by atoms with Crippen LogP contribution in [-0.2, 0) is 0 Å². The van der Waals surface area contributed by atoms with Crippen molar-refractivity contribution in [3.63, 3.8) is 0 Å². The van der Waals surface area contributed by atoms with E-state index < -0.39 is 6.10 Å². The van der Waals surface area contributed by atoms with Gasteiger partial charge in [0.2, 0.25) is 0 Å². The first-order valence-electron chi connectivity index (χ1n) is 4.71. The van der Waals surface area contributed by atoms with E-state index in [4.69, 9.17) is 4.74 Å². The van der Waals surface area contributed by atoms with Gasteiger partial charge in [-0.3, -0.25) is 4.39 Å². The molecule has 0 radical (unpaired) electrons. The molecule has 2 nitrogen and oxygen atoms in total. The molecule has 0 aromatic heterocycles. The maximum Gasteiger partial charge on any atom is 0.119 e. The van der Waals surface area contributed by atoms with Gasteiger partial charge >= 0.3 is 0 Å². The van der Waals surface area contributed by atoms with Crippen molar-refractivity contribution in [2.24, 2.45) is 0 Å². The lowest BCUT2D eigenvalue weighted by molar-refractivity contribution is 0.198. The summed E-state index contributed by atoms with van der Waals surface area (Å²) in [5.74, 6) is 0.678. The molecule has 0 amide bonds. The first-order chi connectivity index (χ1) is 6.74. The van der Waals surface area contributed by atoms with E-state index >= 15 is 0 Å². The Morgan fingerprint density at radius 1 is 1.50 bits per heavy atom. The van der Waals surface area contributed by atoms with Crippen LogP contribution in [0.5, 0.6) is 5.75 Å². The topological polar surface area (TPSA) is 29.5 Å². The molecule has 14 heavy (non-hydrogen) atoms. The molecule has 1 rings (SSSR count). The minimum Gasteiger partial charge on any atom is -0.493 e. The Hall–Kier alpha value is -1.09. The van der Waals surface area contributed by atoms with Gasteiger partial charge < -0.3 is 9.84 Å². The molecule has 0 spiro atoms. The zero-order chi connectivity index (χ0) is 10.4. The zero-order valence-electron chi connectivity index (χ0n) is 8.24. The fourth-order valence-electron chi connectivity index (χ4n) is 1.11. The Balaban J connectivity index is 2.55. The highest BCUT2D eigenvalue weighted by atomic mass is 19.1. The Morgan fingerprint density at radius 3 is 2.93 bits per heavy atom. The largest absolute Gasteiger partial charge is 0.493 e. The van der Waals surface area contributed by atoms with E-state index in [1.807, 2.05) is 12.1 Å². The summed E-state index contributed by atoms with van der Waals surface area (Å²) in [4.78, 5) is 0. The number of aliphatic hydroxyl groups is 1. The Labute approximate surface area is 83.3 Å². The van der Waals surface area contributed by atoms with Gasteiger partial charge in [0, 0.05) is 6.42 Å². The van der Waals surface area contributed by atoms with Crippen molar-refractivity contribution in [1.29, 1.82) is 0 Å². The predicted molar refractivity (Wildman–Crippen MR) is 53.2 cm³/mol. The SMILES string of the molecule is C[C@@H](O)c1cccc(OCCCF)c1. The predicted octanol–water partition coefficient (Wildman–Crippen LogP) is 2.48. The molecule has 1 atom stereocenters. The van der Waals surface area contributed by atoms with Gasteiger partial charge in [-0.05, 0) is 24.6 Å². The molecule has 0 aliphatic heterocycles. The van der Waals surface area contributed by atoms with Crippen molar-refractivity contribution in [3.8, 4) is 5.75 Å². The lowest BCUT2D eigenvalue weighted by Crippen LogP contribution is -1.99. The Kier molecular flexibility index (Phi) is 4.40. The van der Waals surface area contributed by atoms with Crippen LogP contribution in [0.3, 0.4) is 0 Å². The second-order valence-corrected chi connectivity index (χ2v) is 3.14. The molecule has 3 heteroatoms. The molecule has 0 aliphatic rings. The van der Waals surface area contributed by atoms with Crippen LogP contribution in [0.2, 0.25) is 0 Å². The number of benzene rings is 1. The van der Waals surface area contributed by atoms with E-state index in [0.717, 1.165) is 5.56 Å². The highest BCUT2D eigenvalue weighted by Gasteiger charge is 2.01. The third-order valence-corrected chi connectivity index (χ3v) is 1.89. The third-order valence-electron chi connectivity index (χ3n) is 1.89. The highest BCUT2D eigenvalue weighted by Crippen LogP contribution is 2.18. The van der Waals surface area contributed by atoms with Crippen LogP contribution in [0.1, 0.15) is 25.0 Å². The van der Waals surface area contributed by atoms with E-state index in [9.17, 15) is 9.50 Å². The lowest BCUT2D eigenvalue weighted by atomic mass is 10.1. The third kappa shape index (κ3) is 3.34. The molecule has 1 aromatic carbocycles. The maximum atomic E-state index is 11.8. The molecule has 0 unspecified atom stereocenters. The molecule has 0 bridgehead atoms. The number of ether oxygens (including phenoxy) is 1. The lowest BCUT2D eigenvalue weighted by Gasteiger charge is -2.08. The first kappa shape index (κ1) is 11.0. The average molecular weight is 198 g/mol. The van der Waals surface area contributed by atoms with Gasteiger partial charge in [0.15, 0.2) is 0 Å². The fourth-order valence-corrected chi connectivity index (χ4v) is 1.11. The summed E-state index contributed by atoms with van der Waals surface area (Å²) in [7, 11) is 0. The molecule has 0 heterocycles. The number of rotatable bonds is 5. The molecule has 78 valence electrons. The number of halogens is 1.